The van der Waals surface area contributed by atoms with Crippen LogP contribution >= 0.6 is 7.82 Å². The minimum Gasteiger partial charge on any atom is -0.505 e. The van der Waals surface area contributed by atoms with Crippen molar-refractivity contribution in [1.29, 1.82) is 0 Å². The molecule has 0 amide bonds. The first-order valence-corrected chi connectivity index (χ1v) is 16.6. The van der Waals surface area contributed by atoms with Crippen molar-refractivity contribution in [2.45, 2.75) is 80.1 Å². The zero-order chi connectivity index (χ0) is 35.5. The van der Waals surface area contributed by atoms with Gasteiger partial charge in [0.25, 0.3) is 0 Å². The Morgan fingerprint density at radius 1 is 0.936 bits per heavy atom. The largest absolute Gasteiger partial charge is 0.505 e. The van der Waals surface area contributed by atoms with Gasteiger partial charge >= 0.3 is 13.8 Å². The molecule has 1 heterocycles. The van der Waals surface area contributed by atoms with Crippen LogP contribution in [0.25, 0.3) is 0 Å². The molecule has 2 aliphatic rings. The predicted molar refractivity (Wildman–Crippen MR) is 182 cm³/mol. The van der Waals surface area contributed by atoms with Crippen LogP contribution in [0.15, 0.2) is 118 Å². The number of allylic oxidation sites excluding steroid dienone is 17. The van der Waals surface area contributed by atoms with Gasteiger partial charge in [-0.25, -0.2) is 9.36 Å². The average molecular weight is 671 g/mol. The van der Waals surface area contributed by atoms with E-state index in [0.29, 0.717) is 5.57 Å². The summed E-state index contributed by atoms with van der Waals surface area (Å²) in [6.07, 6.45) is 19.1. The molecule has 256 valence electrons. The van der Waals surface area contributed by atoms with Crippen molar-refractivity contribution in [3.05, 3.63) is 118 Å². The Kier molecular flexibility index (Phi) is 14.6. The van der Waals surface area contributed by atoms with Crippen LogP contribution in [0.4, 0.5) is 0 Å². The smallest absolute Gasteiger partial charge is 0.472 e. The van der Waals surface area contributed by atoms with Crippen molar-refractivity contribution in [1.82, 2.24) is 0 Å². The number of aliphatic hydroxyl groups excluding tert-OH is 3. The summed E-state index contributed by atoms with van der Waals surface area (Å²) in [5.41, 5.74) is 4.93. The number of phosphoric ester groups is 1. The molecule has 0 saturated heterocycles. The number of hydrogen-bond acceptors (Lipinski definition) is 9. The third-order valence-electron chi connectivity index (χ3n) is 7.30. The van der Waals surface area contributed by atoms with E-state index in [1.807, 2.05) is 95.4 Å². The third kappa shape index (κ3) is 12.4. The molecule has 10 nitrogen and oxygen atoms in total. The maximum atomic E-state index is 13.1. The second-order valence-corrected chi connectivity index (χ2v) is 13.8. The fourth-order valence-electron chi connectivity index (χ4n) is 4.70. The topological polar surface area (TPSA) is 160 Å². The molecule has 0 bridgehead atoms. The van der Waals surface area contributed by atoms with Gasteiger partial charge in [-0.15, -0.1) is 0 Å². The lowest BCUT2D eigenvalue weighted by Crippen LogP contribution is -2.37. The van der Waals surface area contributed by atoms with Crippen LogP contribution in [-0.4, -0.2) is 56.9 Å². The molecule has 0 aromatic carbocycles. The summed E-state index contributed by atoms with van der Waals surface area (Å²) in [5, 5.41) is 29.2. The number of phosphoric acid groups is 1. The molecule has 2 rings (SSSR count). The van der Waals surface area contributed by atoms with Crippen molar-refractivity contribution in [3.8, 4) is 0 Å². The van der Waals surface area contributed by atoms with E-state index < -0.39 is 61.4 Å². The van der Waals surface area contributed by atoms with Crippen molar-refractivity contribution in [3.63, 3.8) is 0 Å². The van der Waals surface area contributed by atoms with Crippen LogP contribution < -0.4 is 0 Å². The average Bonchev–Trinajstić information content (AvgIpc) is 3.23. The molecular formula is C36H47O10P. The summed E-state index contributed by atoms with van der Waals surface area (Å²) < 4.78 is 27.2. The fraction of sp³-hybridized carbons (Fsp3) is 0.389. The summed E-state index contributed by atoms with van der Waals surface area (Å²) in [7, 11) is -4.87. The summed E-state index contributed by atoms with van der Waals surface area (Å²) >= 11 is 0. The Hall–Kier alpha value is -3.79. The molecule has 0 radical (unpaired) electrons. The van der Waals surface area contributed by atoms with E-state index in [0.717, 1.165) is 22.3 Å². The van der Waals surface area contributed by atoms with Gasteiger partial charge in [0.05, 0.1) is 6.61 Å². The van der Waals surface area contributed by atoms with E-state index in [4.69, 9.17) is 9.05 Å². The van der Waals surface area contributed by atoms with Gasteiger partial charge in [0.1, 0.15) is 12.2 Å². The van der Waals surface area contributed by atoms with Gasteiger partial charge in [0.2, 0.25) is 5.76 Å². The first-order chi connectivity index (χ1) is 21.8. The number of Topliss-reactive ketones (excluding diaryl/α,β-unsaturated/α-hetero) is 1. The van der Waals surface area contributed by atoms with Crippen LogP contribution in [-0.2, 0) is 27.9 Å². The molecule has 0 aromatic heterocycles. The maximum Gasteiger partial charge on any atom is 0.472 e. The molecule has 4 N–H and O–H groups in total. The number of carbonyl (C=O) groups is 2. The second kappa shape index (κ2) is 17.4. The molecule has 0 aromatic rings. The molecule has 0 fully saturated rings. The standard InChI is InChI=1S/C36H47O10P/c1-23(2)13-11-16-24(3)14-9-10-15-25(4)17-12-18-26(5)19-20-28-27(6)31(38)30(21-36(28,7)8)46-47(42,43)44-22-29(37)34-32(39)33(40)35(41)45-34/h9-20,29-30,34,37,39-40H,21-22H2,1-8H3,(H,42,43)/b10-9+,16-11+,17-12+,20-19+,24-14+,25-15+,26-18+/t29-,30?,34+/m0/s1. The Labute approximate surface area is 277 Å². The fourth-order valence-corrected chi connectivity index (χ4v) is 5.59. The molecule has 47 heavy (non-hydrogen) atoms. The number of cyclic esters (lactones) is 1. The Balaban J connectivity index is 2.02. The molecule has 1 aliphatic carbocycles. The zero-order valence-electron chi connectivity index (χ0n) is 28.3. The highest BCUT2D eigenvalue weighted by Crippen LogP contribution is 2.50. The van der Waals surface area contributed by atoms with Gasteiger partial charge in [-0.1, -0.05) is 109 Å². The number of rotatable bonds is 14. The lowest BCUT2D eigenvalue weighted by atomic mass is 9.71. The highest BCUT2D eigenvalue weighted by molar-refractivity contribution is 7.47. The van der Waals surface area contributed by atoms with E-state index in [9.17, 15) is 34.4 Å². The van der Waals surface area contributed by atoms with Crippen LogP contribution in [0.1, 0.15) is 61.8 Å². The van der Waals surface area contributed by atoms with Gasteiger partial charge in [0.15, 0.2) is 17.6 Å². The molecule has 1 aliphatic heterocycles. The van der Waals surface area contributed by atoms with Crippen molar-refractivity contribution in [2.75, 3.05) is 6.61 Å². The Morgan fingerprint density at radius 3 is 2.00 bits per heavy atom. The van der Waals surface area contributed by atoms with Gasteiger partial charge in [-0.2, -0.15) is 0 Å². The lowest BCUT2D eigenvalue weighted by molar-refractivity contribution is -0.147. The summed E-state index contributed by atoms with van der Waals surface area (Å²) in [5.74, 6) is -3.74. The number of esters is 1. The molecule has 2 unspecified atom stereocenters. The highest BCUT2D eigenvalue weighted by atomic mass is 31.2. The van der Waals surface area contributed by atoms with E-state index >= 15 is 0 Å². The molecule has 0 spiro atoms. The van der Waals surface area contributed by atoms with E-state index in [1.165, 1.54) is 5.57 Å². The van der Waals surface area contributed by atoms with Gasteiger partial charge in [-0.05, 0) is 64.5 Å². The number of carbonyl (C=O) groups excluding carboxylic acids is 2. The first kappa shape index (κ1) is 39.4. The summed E-state index contributed by atoms with van der Waals surface area (Å²) in [6, 6.07) is 0. The molecular weight excluding hydrogens is 623 g/mol. The molecule has 0 saturated carbocycles. The number of ketones is 1. The van der Waals surface area contributed by atoms with Gasteiger partial charge in [-0.3, -0.25) is 13.8 Å². The lowest BCUT2D eigenvalue weighted by Gasteiger charge is -2.36. The van der Waals surface area contributed by atoms with Crippen LogP contribution in [0.5, 0.6) is 0 Å². The van der Waals surface area contributed by atoms with Crippen molar-refractivity contribution < 1.29 is 48.2 Å². The summed E-state index contributed by atoms with van der Waals surface area (Å²) in [4.78, 5) is 34.7. The summed E-state index contributed by atoms with van der Waals surface area (Å²) in [6.45, 7) is 14.6. The number of ether oxygens (including phenoxy) is 1. The zero-order valence-corrected chi connectivity index (χ0v) is 29.2. The second-order valence-electron chi connectivity index (χ2n) is 12.4. The van der Waals surface area contributed by atoms with Gasteiger partial charge < -0.3 is 24.9 Å². The minimum absolute atomic E-state index is 0.0809. The quantitative estimate of drug-likeness (QED) is 0.0830. The molecule has 4 atom stereocenters. The normalized spacial score (nSPS) is 23.5. The van der Waals surface area contributed by atoms with Gasteiger partial charge in [0, 0.05) is 0 Å². The van der Waals surface area contributed by atoms with Crippen LogP contribution in [0.3, 0.4) is 0 Å². The molecule has 11 heteroatoms. The van der Waals surface area contributed by atoms with E-state index in [-0.39, 0.29) is 6.42 Å². The SMILES string of the molecule is CC(C)=C/C=C/C(C)=C/C=C/C=C(C)/C=C/C=C(C)/C=C/C1=C(C)C(=O)C(OP(=O)(O)OC[C@H](O)[C@H]2OC(=O)C(O)=C2O)CC1(C)C. The van der Waals surface area contributed by atoms with E-state index in [2.05, 4.69) is 30.7 Å². The van der Waals surface area contributed by atoms with Crippen LogP contribution in [0.2, 0.25) is 0 Å². The predicted octanol–water partition coefficient (Wildman–Crippen LogP) is 7.45. The number of hydrogen-bond donors (Lipinski definition) is 4. The third-order valence-corrected chi connectivity index (χ3v) is 8.29. The highest BCUT2D eigenvalue weighted by Gasteiger charge is 2.44. The van der Waals surface area contributed by atoms with Crippen molar-refractivity contribution >= 4 is 19.6 Å². The monoisotopic (exact) mass is 670 g/mol. The Morgan fingerprint density at radius 2 is 1.47 bits per heavy atom. The minimum atomic E-state index is -4.87. The van der Waals surface area contributed by atoms with E-state index in [1.54, 1.807) is 6.92 Å². The van der Waals surface area contributed by atoms with Crippen molar-refractivity contribution in [2.24, 2.45) is 5.41 Å². The first-order valence-electron chi connectivity index (χ1n) is 15.1. The Bertz CT molecular complexity index is 1550. The maximum absolute atomic E-state index is 13.1. The van der Waals surface area contributed by atoms with Crippen LogP contribution in [0, 0.1) is 5.41 Å². The number of aliphatic hydroxyl groups is 3.